The molecule has 0 saturated carbocycles. The summed E-state index contributed by atoms with van der Waals surface area (Å²) in [5.74, 6) is 0.290. The van der Waals surface area contributed by atoms with E-state index < -0.39 is 0 Å². The molecule has 0 aliphatic rings. The van der Waals surface area contributed by atoms with Gasteiger partial charge in [-0.3, -0.25) is 14.7 Å². The summed E-state index contributed by atoms with van der Waals surface area (Å²) in [5.41, 5.74) is 1.56. The van der Waals surface area contributed by atoms with Crippen LogP contribution in [0.4, 0.5) is 5.82 Å². The predicted molar refractivity (Wildman–Crippen MR) is 80.2 cm³/mol. The third-order valence-electron chi connectivity index (χ3n) is 3.17. The molecule has 106 valence electrons. The van der Waals surface area contributed by atoms with E-state index in [1.165, 1.54) is 6.07 Å². The number of para-hydroxylation sites is 1. The van der Waals surface area contributed by atoms with E-state index in [-0.39, 0.29) is 17.9 Å². The number of carbonyl (C=O) groups is 1. The first kappa shape index (κ1) is 13.1. The predicted octanol–water partition coefficient (Wildman–Crippen LogP) is 1.67. The Balaban J connectivity index is 1.86. The lowest BCUT2D eigenvalue weighted by Crippen LogP contribution is -2.20. The number of carbonyl (C=O) groups excluding carboxylic acids is 1. The van der Waals surface area contributed by atoms with Crippen LogP contribution < -0.4 is 10.7 Å². The van der Waals surface area contributed by atoms with Gasteiger partial charge in [-0.25, -0.2) is 0 Å². The largest absolute Gasteiger partial charge is 0.338 e. The third kappa shape index (κ3) is 2.69. The van der Waals surface area contributed by atoms with Crippen LogP contribution in [0.3, 0.4) is 0 Å². The molecule has 0 atom stereocenters. The second-order valence-electron chi connectivity index (χ2n) is 4.81. The lowest BCUT2D eigenvalue weighted by atomic mass is 10.2. The minimum Gasteiger partial charge on any atom is -0.338 e. The molecule has 0 aliphatic heterocycles. The number of aromatic amines is 1. The monoisotopic (exact) mass is 282 g/mol. The minimum atomic E-state index is -0.199. The smallest absolute Gasteiger partial charge is 0.245 e. The molecule has 6 nitrogen and oxygen atoms in total. The van der Waals surface area contributed by atoms with Crippen molar-refractivity contribution >= 4 is 22.6 Å². The number of hydrogen-bond acceptors (Lipinski definition) is 3. The quantitative estimate of drug-likeness (QED) is 0.767. The third-order valence-corrected chi connectivity index (χ3v) is 3.17. The van der Waals surface area contributed by atoms with Crippen molar-refractivity contribution in [3.8, 4) is 0 Å². The number of pyridine rings is 1. The summed E-state index contributed by atoms with van der Waals surface area (Å²) in [6.07, 6.45) is 1.63. The number of aryl methyl sites for hydroxylation is 1. The van der Waals surface area contributed by atoms with Crippen LogP contribution in [-0.2, 0) is 11.3 Å². The van der Waals surface area contributed by atoms with Gasteiger partial charge in [0.1, 0.15) is 6.54 Å². The van der Waals surface area contributed by atoms with Crippen molar-refractivity contribution in [1.82, 2.24) is 14.8 Å². The fraction of sp³-hybridized carbons (Fsp3) is 0.133. The topological polar surface area (TPSA) is 79.8 Å². The molecule has 0 aliphatic carbocycles. The highest BCUT2D eigenvalue weighted by Gasteiger charge is 2.08. The molecule has 0 saturated heterocycles. The van der Waals surface area contributed by atoms with Crippen LogP contribution in [-0.4, -0.2) is 20.7 Å². The van der Waals surface area contributed by atoms with Crippen molar-refractivity contribution in [2.45, 2.75) is 13.5 Å². The first-order valence-electron chi connectivity index (χ1n) is 6.53. The number of nitrogens with zero attached hydrogens (tertiary/aromatic N) is 2. The van der Waals surface area contributed by atoms with E-state index in [1.807, 2.05) is 19.1 Å². The maximum absolute atomic E-state index is 12.1. The van der Waals surface area contributed by atoms with Gasteiger partial charge in [0, 0.05) is 29.4 Å². The number of aromatic nitrogens is 3. The van der Waals surface area contributed by atoms with Gasteiger partial charge in [-0.2, -0.15) is 5.10 Å². The number of hydrogen-bond donors (Lipinski definition) is 2. The number of H-pyrrole nitrogens is 1. The maximum Gasteiger partial charge on any atom is 0.245 e. The van der Waals surface area contributed by atoms with E-state index in [4.69, 9.17) is 0 Å². The zero-order chi connectivity index (χ0) is 14.8. The lowest BCUT2D eigenvalue weighted by Gasteiger charge is -2.09. The highest BCUT2D eigenvalue weighted by atomic mass is 16.2. The number of amides is 1. The van der Waals surface area contributed by atoms with Gasteiger partial charge in [-0.05, 0) is 19.1 Å². The summed E-state index contributed by atoms with van der Waals surface area (Å²) in [6, 6.07) is 10.4. The van der Waals surface area contributed by atoms with Crippen LogP contribution in [0.1, 0.15) is 5.69 Å². The van der Waals surface area contributed by atoms with Gasteiger partial charge in [0.2, 0.25) is 5.91 Å². The Morgan fingerprint density at radius 3 is 2.90 bits per heavy atom. The van der Waals surface area contributed by atoms with Crippen LogP contribution in [0, 0.1) is 6.92 Å². The van der Waals surface area contributed by atoms with Crippen molar-refractivity contribution in [1.29, 1.82) is 0 Å². The summed E-state index contributed by atoms with van der Waals surface area (Å²) in [6.45, 7) is 1.98. The van der Waals surface area contributed by atoms with Gasteiger partial charge in [0.25, 0.3) is 0 Å². The molecule has 2 aromatic heterocycles. The summed E-state index contributed by atoms with van der Waals surface area (Å²) < 4.78 is 1.74. The van der Waals surface area contributed by atoms with Gasteiger partial charge in [0.05, 0.1) is 5.52 Å². The number of anilines is 1. The molecular formula is C15H14N4O2. The van der Waals surface area contributed by atoms with E-state index in [0.29, 0.717) is 11.2 Å². The molecule has 1 amide bonds. The molecule has 0 unspecified atom stereocenters. The summed E-state index contributed by atoms with van der Waals surface area (Å²) in [4.78, 5) is 23.8. The molecule has 0 spiro atoms. The molecule has 21 heavy (non-hydrogen) atoms. The Hall–Kier alpha value is -2.89. The molecule has 1 aromatic carbocycles. The summed E-state index contributed by atoms with van der Waals surface area (Å²) in [7, 11) is 0. The van der Waals surface area contributed by atoms with Crippen LogP contribution in [0.15, 0.2) is 47.4 Å². The number of fused-ring (bicyclic) bond motifs is 1. The zero-order valence-corrected chi connectivity index (χ0v) is 11.5. The van der Waals surface area contributed by atoms with Gasteiger partial charge in [0.15, 0.2) is 11.2 Å². The summed E-state index contributed by atoms with van der Waals surface area (Å²) in [5, 5.41) is 10.0. The average Bonchev–Trinajstić information content (AvgIpc) is 2.87. The van der Waals surface area contributed by atoms with Crippen LogP contribution in [0.2, 0.25) is 0 Å². The first-order chi connectivity index (χ1) is 10.1. The van der Waals surface area contributed by atoms with E-state index in [0.717, 1.165) is 11.2 Å². The van der Waals surface area contributed by atoms with E-state index in [1.54, 1.807) is 29.0 Å². The summed E-state index contributed by atoms with van der Waals surface area (Å²) >= 11 is 0. The van der Waals surface area contributed by atoms with E-state index in [2.05, 4.69) is 15.5 Å². The lowest BCUT2D eigenvalue weighted by molar-refractivity contribution is -0.116. The van der Waals surface area contributed by atoms with Crippen LogP contribution >= 0.6 is 0 Å². The molecule has 3 aromatic rings. The Morgan fingerprint density at radius 2 is 2.14 bits per heavy atom. The highest BCUT2D eigenvalue weighted by Crippen LogP contribution is 2.10. The van der Waals surface area contributed by atoms with Crippen LogP contribution in [0.25, 0.3) is 10.9 Å². The second-order valence-corrected chi connectivity index (χ2v) is 4.81. The molecule has 0 bridgehead atoms. The standard InChI is InChI=1S/C15H14N4O2/c1-10-8-14(18-17-10)16-15(21)9-19-7-6-13(20)11-4-2-3-5-12(11)19/h2-8H,9H2,1H3,(H2,16,17,18,21). The van der Waals surface area contributed by atoms with Crippen molar-refractivity contribution in [3.05, 3.63) is 58.5 Å². The fourth-order valence-corrected chi connectivity index (χ4v) is 2.22. The Labute approximate surface area is 120 Å². The highest BCUT2D eigenvalue weighted by molar-refractivity contribution is 5.90. The first-order valence-corrected chi connectivity index (χ1v) is 6.53. The molecule has 2 heterocycles. The Kier molecular flexibility index (Phi) is 3.27. The van der Waals surface area contributed by atoms with Crippen molar-refractivity contribution in [2.75, 3.05) is 5.32 Å². The number of nitrogens with one attached hydrogen (secondary N) is 2. The SMILES string of the molecule is Cc1cc(NC(=O)Cn2ccc(=O)c3ccccc32)n[nH]1. The van der Waals surface area contributed by atoms with Crippen LogP contribution in [0.5, 0.6) is 0 Å². The minimum absolute atomic E-state index is 0.0508. The van der Waals surface area contributed by atoms with Crippen molar-refractivity contribution < 1.29 is 4.79 Å². The normalized spacial score (nSPS) is 10.7. The molecular weight excluding hydrogens is 268 g/mol. The second kappa shape index (κ2) is 5.24. The van der Waals surface area contributed by atoms with Gasteiger partial charge in [-0.15, -0.1) is 0 Å². The van der Waals surface area contributed by atoms with Gasteiger partial charge < -0.3 is 9.88 Å². The Morgan fingerprint density at radius 1 is 1.33 bits per heavy atom. The fourth-order valence-electron chi connectivity index (χ4n) is 2.22. The molecule has 2 N–H and O–H groups in total. The van der Waals surface area contributed by atoms with Gasteiger partial charge >= 0.3 is 0 Å². The Bertz CT molecular complexity index is 863. The molecule has 0 fully saturated rings. The zero-order valence-electron chi connectivity index (χ0n) is 11.5. The van der Waals surface area contributed by atoms with E-state index >= 15 is 0 Å². The number of rotatable bonds is 3. The average molecular weight is 282 g/mol. The molecule has 6 heteroatoms. The van der Waals surface area contributed by atoms with Crippen molar-refractivity contribution in [2.24, 2.45) is 0 Å². The molecule has 0 radical (unpaired) electrons. The maximum atomic E-state index is 12.1. The van der Waals surface area contributed by atoms with Crippen molar-refractivity contribution in [3.63, 3.8) is 0 Å². The number of benzene rings is 1. The van der Waals surface area contributed by atoms with E-state index in [9.17, 15) is 9.59 Å². The van der Waals surface area contributed by atoms with Gasteiger partial charge in [-0.1, -0.05) is 12.1 Å². The molecule has 3 rings (SSSR count).